The highest BCUT2D eigenvalue weighted by Crippen LogP contribution is 2.10. The molecule has 14 heavy (non-hydrogen) atoms. The van der Waals surface area contributed by atoms with E-state index in [-0.39, 0.29) is 0 Å². The van der Waals surface area contributed by atoms with Gasteiger partial charge in [-0.05, 0) is 12.5 Å². The minimum atomic E-state index is -1.73. The lowest BCUT2D eigenvalue weighted by Crippen LogP contribution is -2.19. The van der Waals surface area contributed by atoms with Crippen molar-refractivity contribution in [2.75, 3.05) is 0 Å². The number of rotatable bonds is 4. The molecule has 0 spiro atoms. The zero-order valence-corrected chi connectivity index (χ0v) is 8.64. The van der Waals surface area contributed by atoms with E-state index in [0.717, 1.165) is 11.1 Å². The molecule has 3 N–H and O–H groups in total. The van der Waals surface area contributed by atoms with Crippen LogP contribution in [0.25, 0.3) is 5.70 Å². The Balaban J connectivity index is 2.70. The molecule has 4 nitrogen and oxygen atoms in total. The molecule has 1 atom stereocenters. The van der Waals surface area contributed by atoms with Gasteiger partial charge < -0.3 is 0 Å². The van der Waals surface area contributed by atoms with Crippen LogP contribution in [-0.4, -0.2) is 4.21 Å². The Labute approximate surface area is 85.5 Å². The molecule has 76 valence electrons. The summed E-state index contributed by atoms with van der Waals surface area (Å²) < 4.78 is 17.4. The Hall–Kier alpha value is -1.17. The number of aryl methyl sites for hydroxylation is 1. The van der Waals surface area contributed by atoms with Gasteiger partial charge in [0.1, 0.15) is 0 Å². The van der Waals surface area contributed by atoms with E-state index >= 15 is 0 Å². The summed E-state index contributed by atoms with van der Waals surface area (Å²) in [7, 11) is 0. The lowest BCUT2D eigenvalue weighted by atomic mass is 10.1. The maximum atomic E-state index is 10.9. The zero-order valence-electron chi connectivity index (χ0n) is 7.82. The van der Waals surface area contributed by atoms with Crippen LogP contribution in [0.5, 0.6) is 0 Å². The van der Waals surface area contributed by atoms with E-state index in [2.05, 4.69) is 15.6 Å². The first-order valence-electron chi connectivity index (χ1n) is 3.95. The van der Waals surface area contributed by atoms with Crippen LogP contribution in [0.15, 0.2) is 30.8 Å². The number of hydrogen-bond donors (Lipinski definition) is 2. The summed E-state index contributed by atoms with van der Waals surface area (Å²) in [6.45, 7) is 5.69. The van der Waals surface area contributed by atoms with Gasteiger partial charge in [-0.25, -0.2) is 4.21 Å². The third kappa shape index (κ3) is 2.95. The molecule has 0 aliphatic carbocycles. The number of benzene rings is 1. The van der Waals surface area contributed by atoms with Crippen LogP contribution in [0.3, 0.4) is 0 Å². The molecule has 0 aliphatic heterocycles. The quantitative estimate of drug-likeness (QED) is 0.732. The molecule has 5 heteroatoms. The molecule has 0 aliphatic rings. The van der Waals surface area contributed by atoms with Crippen molar-refractivity contribution in [2.45, 2.75) is 6.92 Å². The van der Waals surface area contributed by atoms with E-state index in [1.54, 1.807) is 0 Å². The van der Waals surface area contributed by atoms with Gasteiger partial charge in [-0.1, -0.05) is 36.4 Å². The average molecular weight is 212 g/mol. The maximum absolute atomic E-state index is 10.9. The maximum Gasteiger partial charge on any atom is 0.279 e. The molecule has 0 saturated heterocycles. The summed E-state index contributed by atoms with van der Waals surface area (Å²) in [5.74, 6) is 4.72. The summed E-state index contributed by atoms with van der Waals surface area (Å²) in [6, 6.07) is 7.62. The first kappa shape index (κ1) is 10.9. The molecule has 0 bridgehead atoms. The van der Waals surface area contributed by atoms with Crippen molar-refractivity contribution in [3.8, 4) is 0 Å². The van der Waals surface area contributed by atoms with Crippen molar-refractivity contribution in [2.24, 2.45) is 5.90 Å². The summed E-state index contributed by atoms with van der Waals surface area (Å²) in [5, 5.41) is 0. The topological polar surface area (TPSA) is 64.3 Å². The van der Waals surface area contributed by atoms with E-state index in [1.165, 1.54) is 0 Å². The van der Waals surface area contributed by atoms with Crippen molar-refractivity contribution in [3.05, 3.63) is 42.0 Å². The van der Waals surface area contributed by atoms with Crippen molar-refractivity contribution in [3.63, 3.8) is 0 Å². The van der Waals surface area contributed by atoms with Crippen molar-refractivity contribution < 1.29 is 8.49 Å². The highest BCUT2D eigenvalue weighted by molar-refractivity contribution is 7.78. The number of nitrogens with two attached hydrogens (primary N) is 1. The lowest BCUT2D eigenvalue weighted by molar-refractivity contribution is 0.364. The molecule has 0 heterocycles. The minimum absolute atomic E-state index is 0.508. The molecule has 0 amide bonds. The molecule has 1 unspecified atom stereocenters. The smallest absolute Gasteiger partial charge is 0.279 e. The van der Waals surface area contributed by atoms with Crippen molar-refractivity contribution in [1.29, 1.82) is 0 Å². The van der Waals surface area contributed by atoms with Crippen LogP contribution >= 0.6 is 0 Å². The standard InChI is InChI=1S/C9H12N2O2S/c1-7-3-5-9(6-4-7)8(2)11-14(12)13-10/h3-6,11H,2,10H2,1H3. The molecular weight excluding hydrogens is 200 g/mol. The van der Waals surface area contributed by atoms with Crippen LogP contribution < -0.4 is 10.6 Å². The fraction of sp³-hybridized carbons (Fsp3) is 0.111. The second-order valence-electron chi connectivity index (χ2n) is 2.78. The third-order valence-electron chi connectivity index (χ3n) is 1.69. The van der Waals surface area contributed by atoms with Gasteiger partial charge in [-0.15, -0.1) is 0 Å². The van der Waals surface area contributed by atoms with Crippen molar-refractivity contribution in [1.82, 2.24) is 4.72 Å². The summed E-state index contributed by atoms with van der Waals surface area (Å²) in [6.07, 6.45) is 0. The SMILES string of the molecule is C=C(NS(=O)ON)c1ccc(C)cc1. The molecular formula is C9H12N2O2S. The van der Waals surface area contributed by atoms with Crippen LogP contribution in [0.2, 0.25) is 0 Å². The highest BCUT2D eigenvalue weighted by Gasteiger charge is 2.01. The summed E-state index contributed by atoms with van der Waals surface area (Å²) in [5.41, 5.74) is 2.51. The van der Waals surface area contributed by atoms with Gasteiger partial charge in [-0.3, -0.25) is 4.72 Å². The number of nitrogens with one attached hydrogen (secondary N) is 1. The van der Waals surface area contributed by atoms with Crippen LogP contribution in [0.4, 0.5) is 0 Å². The van der Waals surface area contributed by atoms with E-state index < -0.39 is 11.3 Å². The van der Waals surface area contributed by atoms with Gasteiger partial charge in [0, 0.05) is 5.70 Å². The Morgan fingerprint density at radius 3 is 2.57 bits per heavy atom. The highest BCUT2D eigenvalue weighted by atomic mass is 32.2. The fourth-order valence-corrected chi connectivity index (χ4v) is 1.31. The zero-order chi connectivity index (χ0) is 10.6. The van der Waals surface area contributed by atoms with Gasteiger partial charge in [-0.2, -0.15) is 10.2 Å². The minimum Gasteiger partial charge on any atom is -0.281 e. The van der Waals surface area contributed by atoms with Gasteiger partial charge in [0.2, 0.25) is 0 Å². The van der Waals surface area contributed by atoms with Gasteiger partial charge in [0.25, 0.3) is 11.3 Å². The summed E-state index contributed by atoms with van der Waals surface area (Å²) >= 11 is -1.73. The molecule has 0 radical (unpaired) electrons. The second-order valence-corrected chi connectivity index (χ2v) is 3.64. The Kier molecular flexibility index (Phi) is 3.82. The van der Waals surface area contributed by atoms with E-state index in [4.69, 9.17) is 5.90 Å². The fourth-order valence-electron chi connectivity index (χ4n) is 0.938. The largest absolute Gasteiger partial charge is 0.281 e. The molecule has 0 fully saturated rings. The van der Waals surface area contributed by atoms with Gasteiger partial charge >= 0.3 is 0 Å². The van der Waals surface area contributed by atoms with Crippen LogP contribution in [0.1, 0.15) is 11.1 Å². The normalized spacial score (nSPS) is 12.1. The third-order valence-corrected chi connectivity index (χ3v) is 2.28. The predicted molar refractivity (Wildman–Crippen MR) is 56.8 cm³/mol. The van der Waals surface area contributed by atoms with Crippen LogP contribution in [0, 0.1) is 6.92 Å². The molecule has 0 saturated carbocycles. The Bertz CT molecular complexity index is 348. The second kappa shape index (κ2) is 4.90. The summed E-state index contributed by atoms with van der Waals surface area (Å²) in [4.78, 5) is 0. The first-order valence-corrected chi connectivity index (χ1v) is 5.02. The van der Waals surface area contributed by atoms with Gasteiger partial charge in [0.15, 0.2) is 0 Å². The predicted octanol–water partition coefficient (Wildman–Crippen LogP) is 1.02. The van der Waals surface area contributed by atoms with E-state index in [0.29, 0.717) is 5.70 Å². The first-order chi connectivity index (χ1) is 6.63. The van der Waals surface area contributed by atoms with E-state index in [1.807, 2.05) is 31.2 Å². The average Bonchev–Trinajstić information content (AvgIpc) is 2.18. The molecule has 1 aromatic carbocycles. The number of hydrogen-bond acceptors (Lipinski definition) is 3. The van der Waals surface area contributed by atoms with E-state index in [9.17, 15) is 4.21 Å². The monoisotopic (exact) mass is 212 g/mol. The Morgan fingerprint density at radius 1 is 1.50 bits per heavy atom. The lowest BCUT2D eigenvalue weighted by Gasteiger charge is -2.06. The van der Waals surface area contributed by atoms with Crippen molar-refractivity contribution >= 4 is 17.0 Å². The van der Waals surface area contributed by atoms with Crippen LogP contribution in [-0.2, 0) is 15.6 Å². The Morgan fingerprint density at radius 2 is 2.07 bits per heavy atom. The molecule has 0 aromatic heterocycles. The molecule has 1 aromatic rings. The molecule has 1 rings (SSSR count). The van der Waals surface area contributed by atoms with Gasteiger partial charge in [0.05, 0.1) is 0 Å².